The van der Waals surface area contributed by atoms with Gasteiger partial charge in [0.2, 0.25) is 5.95 Å². The molecule has 1 fully saturated rings. The van der Waals surface area contributed by atoms with Gasteiger partial charge < -0.3 is 4.90 Å². The molecular weight excluding hydrogens is 268 g/mol. The molecule has 0 N–H and O–H groups in total. The topological polar surface area (TPSA) is 60.1 Å². The Balaban J connectivity index is 2.56. The minimum atomic E-state index is -0.510. The maximum atomic E-state index is 12.4. The van der Waals surface area contributed by atoms with Crippen LogP contribution in [0.2, 0.25) is 0 Å². The van der Waals surface area contributed by atoms with Crippen molar-refractivity contribution in [3.8, 4) is 0 Å². The van der Waals surface area contributed by atoms with E-state index < -0.39 is 5.69 Å². The lowest BCUT2D eigenvalue weighted by molar-refractivity contribution is 0.332. The second-order valence-electron chi connectivity index (χ2n) is 5.17. The van der Waals surface area contributed by atoms with Gasteiger partial charge in [0, 0.05) is 21.1 Å². The fraction of sp³-hybridized carbons (Fsp3) is 0.750. The Morgan fingerprint density at radius 2 is 1.89 bits per heavy atom. The van der Waals surface area contributed by atoms with E-state index in [1.165, 1.54) is 9.13 Å². The summed E-state index contributed by atoms with van der Waals surface area (Å²) in [6, 6.07) is -0.245. The highest BCUT2D eigenvalue weighted by Gasteiger charge is 2.28. The third kappa shape index (κ3) is 2.54. The molecule has 6 nitrogen and oxygen atoms in total. The van der Waals surface area contributed by atoms with Crippen LogP contribution in [0.5, 0.6) is 0 Å². The summed E-state index contributed by atoms with van der Waals surface area (Å²) in [5, 5.41) is -0.175. The molecule has 2 unspecified atom stereocenters. The lowest BCUT2D eigenvalue weighted by Gasteiger charge is -2.28. The SMILES string of the molecule is CN(C)c1nc(=O)n(C2CCCCC2Cl)c(=O)n1C. The zero-order chi connectivity index (χ0) is 14.2. The van der Waals surface area contributed by atoms with Crippen molar-refractivity contribution in [3.05, 3.63) is 21.0 Å². The number of halogens is 1. The molecule has 19 heavy (non-hydrogen) atoms. The summed E-state index contributed by atoms with van der Waals surface area (Å²) in [7, 11) is 5.11. The molecule has 2 rings (SSSR count). The number of nitrogens with zero attached hydrogens (tertiary/aromatic N) is 4. The van der Waals surface area contributed by atoms with E-state index in [4.69, 9.17) is 11.6 Å². The van der Waals surface area contributed by atoms with Crippen molar-refractivity contribution in [1.82, 2.24) is 14.1 Å². The molecule has 0 bridgehead atoms. The summed E-state index contributed by atoms with van der Waals surface area (Å²) in [4.78, 5) is 30.1. The van der Waals surface area contributed by atoms with Crippen LogP contribution in [0.15, 0.2) is 9.59 Å². The second kappa shape index (κ2) is 5.36. The molecule has 0 aliphatic heterocycles. The lowest BCUT2D eigenvalue weighted by atomic mass is 9.95. The summed E-state index contributed by atoms with van der Waals surface area (Å²) in [6.07, 6.45) is 3.62. The van der Waals surface area contributed by atoms with Crippen molar-refractivity contribution in [2.24, 2.45) is 7.05 Å². The zero-order valence-electron chi connectivity index (χ0n) is 11.5. The number of hydrogen-bond donors (Lipinski definition) is 0. The summed E-state index contributed by atoms with van der Waals surface area (Å²) in [5.74, 6) is 0.355. The van der Waals surface area contributed by atoms with E-state index in [9.17, 15) is 9.59 Å². The maximum absolute atomic E-state index is 12.4. The number of hydrogen-bond acceptors (Lipinski definition) is 4. The Morgan fingerprint density at radius 1 is 1.26 bits per heavy atom. The van der Waals surface area contributed by atoms with Crippen LogP contribution in [-0.4, -0.2) is 33.6 Å². The van der Waals surface area contributed by atoms with Gasteiger partial charge in [0.25, 0.3) is 0 Å². The molecule has 2 atom stereocenters. The summed E-state index contributed by atoms with van der Waals surface area (Å²) >= 11 is 6.27. The predicted molar refractivity (Wildman–Crippen MR) is 75.2 cm³/mol. The fourth-order valence-electron chi connectivity index (χ4n) is 2.58. The minimum absolute atomic E-state index is 0.175. The third-order valence-corrected chi connectivity index (χ3v) is 4.08. The van der Waals surface area contributed by atoms with Crippen LogP contribution in [-0.2, 0) is 7.05 Å². The van der Waals surface area contributed by atoms with Crippen molar-refractivity contribution in [1.29, 1.82) is 0 Å². The Hall–Kier alpha value is -1.30. The van der Waals surface area contributed by atoms with Gasteiger partial charge in [0.15, 0.2) is 0 Å². The molecule has 0 saturated heterocycles. The van der Waals surface area contributed by atoms with Crippen molar-refractivity contribution in [2.45, 2.75) is 37.1 Å². The van der Waals surface area contributed by atoms with Gasteiger partial charge in [-0.2, -0.15) is 4.98 Å². The lowest BCUT2D eigenvalue weighted by Crippen LogP contribution is -2.47. The van der Waals surface area contributed by atoms with Crippen LogP contribution in [0.3, 0.4) is 0 Å². The fourth-order valence-corrected chi connectivity index (χ4v) is 2.98. The van der Waals surface area contributed by atoms with Gasteiger partial charge in [-0.1, -0.05) is 12.8 Å². The van der Waals surface area contributed by atoms with E-state index in [0.717, 1.165) is 25.7 Å². The molecule has 1 aromatic heterocycles. The van der Waals surface area contributed by atoms with Gasteiger partial charge >= 0.3 is 11.4 Å². The summed E-state index contributed by atoms with van der Waals surface area (Å²) in [6.45, 7) is 0. The number of alkyl halides is 1. The molecule has 0 amide bonds. The first kappa shape index (κ1) is 14.1. The van der Waals surface area contributed by atoms with Crippen molar-refractivity contribution in [3.63, 3.8) is 0 Å². The van der Waals surface area contributed by atoms with Gasteiger partial charge in [-0.05, 0) is 12.8 Å². The number of aromatic nitrogens is 3. The number of anilines is 1. The molecule has 1 aliphatic carbocycles. The Bertz CT molecular complexity index is 578. The average molecular weight is 287 g/mol. The van der Waals surface area contributed by atoms with E-state index in [1.807, 2.05) is 0 Å². The predicted octanol–water partition coefficient (Wildman–Crippen LogP) is 0.730. The molecule has 0 aromatic carbocycles. The van der Waals surface area contributed by atoms with E-state index >= 15 is 0 Å². The Morgan fingerprint density at radius 3 is 2.47 bits per heavy atom. The Kier molecular flexibility index (Phi) is 3.99. The van der Waals surface area contributed by atoms with Crippen molar-refractivity contribution < 1.29 is 0 Å². The van der Waals surface area contributed by atoms with Crippen molar-refractivity contribution in [2.75, 3.05) is 19.0 Å². The van der Waals surface area contributed by atoms with Crippen LogP contribution >= 0.6 is 11.6 Å². The molecule has 0 spiro atoms. The second-order valence-corrected chi connectivity index (χ2v) is 5.73. The van der Waals surface area contributed by atoms with Gasteiger partial charge in [0.1, 0.15) is 0 Å². The number of rotatable bonds is 2. The Labute approximate surface area is 116 Å². The van der Waals surface area contributed by atoms with Crippen molar-refractivity contribution >= 4 is 17.5 Å². The maximum Gasteiger partial charge on any atom is 0.355 e. The smallest absolute Gasteiger partial charge is 0.348 e. The molecule has 1 heterocycles. The summed E-state index contributed by atoms with van der Waals surface area (Å²) < 4.78 is 2.60. The first-order valence-electron chi connectivity index (χ1n) is 6.44. The van der Waals surface area contributed by atoms with Gasteiger partial charge in [-0.25, -0.2) is 14.2 Å². The molecule has 1 saturated carbocycles. The van der Waals surface area contributed by atoms with Crippen LogP contribution in [0.4, 0.5) is 5.95 Å². The quantitative estimate of drug-likeness (QED) is 0.752. The molecule has 106 valence electrons. The van der Waals surface area contributed by atoms with Crippen LogP contribution in [0, 0.1) is 0 Å². The van der Waals surface area contributed by atoms with E-state index in [2.05, 4.69) is 4.98 Å². The standard InChI is InChI=1S/C12H19ClN4O2/c1-15(2)10-14-11(18)17(12(19)16(10)3)9-7-5-4-6-8(9)13/h8-9H,4-7H2,1-3H3. The molecule has 7 heteroatoms. The van der Waals surface area contributed by atoms with E-state index in [-0.39, 0.29) is 17.1 Å². The van der Waals surface area contributed by atoms with Crippen LogP contribution in [0.1, 0.15) is 31.7 Å². The molecule has 1 aliphatic rings. The van der Waals surface area contributed by atoms with Crippen LogP contribution < -0.4 is 16.3 Å². The molecule has 1 aromatic rings. The normalized spacial score (nSPS) is 23.4. The largest absolute Gasteiger partial charge is 0.355 e. The third-order valence-electron chi connectivity index (χ3n) is 3.57. The summed E-state index contributed by atoms with van der Waals surface area (Å²) in [5.41, 5.74) is -0.856. The first-order chi connectivity index (χ1) is 8.93. The van der Waals surface area contributed by atoms with Crippen LogP contribution in [0.25, 0.3) is 0 Å². The monoisotopic (exact) mass is 286 g/mol. The van der Waals surface area contributed by atoms with E-state index in [1.54, 1.807) is 26.0 Å². The molecule has 0 radical (unpaired) electrons. The highest BCUT2D eigenvalue weighted by Crippen LogP contribution is 2.30. The highest BCUT2D eigenvalue weighted by atomic mass is 35.5. The van der Waals surface area contributed by atoms with Gasteiger partial charge in [-0.3, -0.25) is 4.57 Å². The average Bonchev–Trinajstić information content (AvgIpc) is 2.36. The van der Waals surface area contributed by atoms with E-state index in [0.29, 0.717) is 5.95 Å². The van der Waals surface area contributed by atoms with Gasteiger partial charge in [0.05, 0.1) is 11.4 Å². The zero-order valence-corrected chi connectivity index (χ0v) is 12.2. The highest BCUT2D eigenvalue weighted by molar-refractivity contribution is 6.21. The molecular formula is C12H19ClN4O2. The first-order valence-corrected chi connectivity index (χ1v) is 6.88. The van der Waals surface area contributed by atoms with Gasteiger partial charge in [-0.15, -0.1) is 11.6 Å². The minimum Gasteiger partial charge on any atom is -0.348 e.